The number of hydrogen-bond donors (Lipinski definition) is 2. The third kappa shape index (κ3) is 7.34. The van der Waals surface area contributed by atoms with Crippen LogP contribution in [0.4, 0.5) is 4.79 Å². The van der Waals surface area contributed by atoms with E-state index < -0.39 is 17.5 Å². The summed E-state index contributed by atoms with van der Waals surface area (Å²) in [6.45, 7) is 11.7. The van der Waals surface area contributed by atoms with Crippen LogP contribution in [0.25, 0.3) is 0 Å². The molecule has 0 aromatic rings. The average molecular weight is 274 g/mol. The molecular weight excluding hydrogens is 248 g/mol. The van der Waals surface area contributed by atoms with Gasteiger partial charge in [-0.05, 0) is 34.6 Å². The lowest BCUT2D eigenvalue weighted by Gasteiger charge is -2.35. The van der Waals surface area contributed by atoms with Crippen molar-refractivity contribution in [3.8, 4) is 0 Å². The minimum Gasteiger partial charge on any atom is -0.444 e. The van der Waals surface area contributed by atoms with Crippen molar-refractivity contribution in [2.75, 3.05) is 26.3 Å². The topological polar surface area (TPSA) is 68.8 Å². The lowest BCUT2D eigenvalue weighted by atomic mass is 10.2. The van der Waals surface area contributed by atoms with Gasteiger partial charge in [0.25, 0.3) is 0 Å². The van der Waals surface area contributed by atoms with E-state index in [1.807, 2.05) is 34.6 Å². The first kappa shape index (κ1) is 16.2. The zero-order chi connectivity index (χ0) is 14.5. The molecule has 0 bridgehead atoms. The highest BCUT2D eigenvalue weighted by molar-refractivity contribution is 5.67. The number of carbonyl (C=O) groups excluding carboxylic acids is 1. The first-order valence-corrected chi connectivity index (χ1v) is 6.66. The van der Waals surface area contributed by atoms with E-state index in [9.17, 15) is 4.79 Å². The Hall–Kier alpha value is -0.850. The van der Waals surface area contributed by atoms with Gasteiger partial charge in [0.05, 0.1) is 19.3 Å². The number of hydrogen-bond acceptors (Lipinski definition) is 5. The summed E-state index contributed by atoms with van der Waals surface area (Å²) in [5, 5.41) is 5.95. The van der Waals surface area contributed by atoms with Crippen LogP contribution in [0.3, 0.4) is 0 Å². The molecule has 0 saturated carbocycles. The lowest BCUT2D eigenvalue weighted by Crippen LogP contribution is -2.50. The largest absolute Gasteiger partial charge is 0.444 e. The van der Waals surface area contributed by atoms with Gasteiger partial charge < -0.3 is 24.8 Å². The van der Waals surface area contributed by atoms with E-state index in [0.717, 1.165) is 0 Å². The van der Waals surface area contributed by atoms with Gasteiger partial charge in [0.1, 0.15) is 5.60 Å². The number of ether oxygens (including phenoxy) is 3. The first-order valence-electron chi connectivity index (χ1n) is 6.66. The number of carbonyl (C=O) groups is 1. The highest BCUT2D eigenvalue weighted by Gasteiger charge is 2.27. The van der Waals surface area contributed by atoms with Crippen LogP contribution in [-0.2, 0) is 14.2 Å². The van der Waals surface area contributed by atoms with Gasteiger partial charge in [-0.1, -0.05) is 0 Å². The monoisotopic (exact) mass is 274 g/mol. The maximum atomic E-state index is 11.4. The molecule has 0 atom stereocenters. The molecule has 1 amide bonds. The Balaban J connectivity index is 2.07. The van der Waals surface area contributed by atoms with Crippen LogP contribution >= 0.6 is 0 Å². The summed E-state index contributed by atoms with van der Waals surface area (Å²) in [4.78, 5) is 11.4. The fourth-order valence-corrected chi connectivity index (χ4v) is 1.57. The summed E-state index contributed by atoms with van der Waals surface area (Å²) in [6.07, 6.45) is -0.397. The molecule has 0 spiro atoms. The van der Waals surface area contributed by atoms with Crippen molar-refractivity contribution in [3.05, 3.63) is 0 Å². The standard InChI is InChI=1S/C13H26N2O4/c1-12(2,3)19-11(16)15-7-6-14-10-8-17-13(4,5)18-9-10/h10,14H,6-9H2,1-5H3,(H,15,16). The molecule has 1 aliphatic rings. The molecule has 0 radical (unpaired) electrons. The summed E-state index contributed by atoms with van der Waals surface area (Å²) in [5.41, 5.74) is -0.464. The van der Waals surface area contributed by atoms with Crippen molar-refractivity contribution in [1.82, 2.24) is 10.6 Å². The van der Waals surface area contributed by atoms with Crippen molar-refractivity contribution in [1.29, 1.82) is 0 Å². The highest BCUT2D eigenvalue weighted by Crippen LogP contribution is 2.16. The van der Waals surface area contributed by atoms with Crippen LogP contribution in [0.5, 0.6) is 0 Å². The van der Waals surface area contributed by atoms with Crippen LogP contribution in [0.1, 0.15) is 34.6 Å². The SMILES string of the molecule is CC(C)(C)OC(=O)NCCNC1COC(C)(C)OC1. The molecule has 0 aliphatic carbocycles. The minimum atomic E-state index is -0.493. The molecule has 19 heavy (non-hydrogen) atoms. The summed E-state index contributed by atoms with van der Waals surface area (Å²) in [5.74, 6) is -0.493. The molecule has 0 aromatic heterocycles. The molecule has 1 saturated heterocycles. The molecule has 1 fully saturated rings. The van der Waals surface area contributed by atoms with Crippen molar-refractivity contribution in [3.63, 3.8) is 0 Å². The van der Waals surface area contributed by atoms with Gasteiger partial charge in [-0.3, -0.25) is 0 Å². The van der Waals surface area contributed by atoms with E-state index in [2.05, 4.69) is 10.6 Å². The zero-order valence-corrected chi connectivity index (χ0v) is 12.5. The van der Waals surface area contributed by atoms with E-state index >= 15 is 0 Å². The number of amides is 1. The Morgan fingerprint density at radius 2 is 1.84 bits per heavy atom. The van der Waals surface area contributed by atoms with Crippen molar-refractivity contribution >= 4 is 6.09 Å². The van der Waals surface area contributed by atoms with Gasteiger partial charge in [-0.25, -0.2) is 4.79 Å². The third-order valence-corrected chi connectivity index (χ3v) is 2.49. The number of nitrogens with one attached hydrogen (secondary N) is 2. The molecule has 6 nitrogen and oxygen atoms in total. The normalized spacial score (nSPS) is 20.1. The molecule has 2 N–H and O–H groups in total. The zero-order valence-electron chi connectivity index (χ0n) is 12.5. The second kappa shape index (κ2) is 6.54. The molecular formula is C13H26N2O4. The summed E-state index contributed by atoms with van der Waals surface area (Å²) in [7, 11) is 0. The van der Waals surface area contributed by atoms with Crippen molar-refractivity contribution in [2.45, 2.75) is 52.0 Å². The minimum absolute atomic E-state index is 0.161. The van der Waals surface area contributed by atoms with Crippen LogP contribution < -0.4 is 10.6 Å². The predicted octanol–water partition coefficient (Wildman–Crippen LogP) is 1.25. The number of rotatable bonds is 4. The summed E-state index contributed by atoms with van der Waals surface area (Å²) < 4.78 is 16.2. The van der Waals surface area contributed by atoms with E-state index in [0.29, 0.717) is 26.3 Å². The molecule has 0 aromatic carbocycles. The summed E-state index contributed by atoms with van der Waals surface area (Å²) in [6, 6.07) is 0.161. The van der Waals surface area contributed by atoms with Gasteiger partial charge in [0.15, 0.2) is 5.79 Å². The van der Waals surface area contributed by atoms with Gasteiger partial charge in [0.2, 0.25) is 0 Å². The maximum absolute atomic E-state index is 11.4. The van der Waals surface area contributed by atoms with E-state index in [1.165, 1.54) is 0 Å². The van der Waals surface area contributed by atoms with Crippen LogP contribution in [0.15, 0.2) is 0 Å². The Kier molecular flexibility index (Phi) is 5.58. The Morgan fingerprint density at radius 1 is 1.26 bits per heavy atom. The van der Waals surface area contributed by atoms with Gasteiger partial charge >= 0.3 is 6.09 Å². The lowest BCUT2D eigenvalue weighted by molar-refractivity contribution is -0.252. The van der Waals surface area contributed by atoms with E-state index in [-0.39, 0.29) is 6.04 Å². The van der Waals surface area contributed by atoms with Gasteiger partial charge in [-0.15, -0.1) is 0 Å². The molecule has 1 aliphatic heterocycles. The molecule has 0 unspecified atom stereocenters. The molecule has 1 heterocycles. The summed E-state index contributed by atoms with van der Waals surface area (Å²) >= 11 is 0. The smallest absolute Gasteiger partial charge is 0.407 e. The maximum Gasteiger partial charge on any atom is 0.407 e. The fraction of sp³-hybridized carbons (Fsp3) is 0.923. The Labute approximate surface area is 115 Å². The first-order chi connectivity index (χ1) is 8.68. The van der Waals surface area contributed by atoms with Gasteiger partial charge in [-0.2, -0.15) is 0 Å². The average Bonchev–Trinajstić information content (AvgIpc) is 2.24. The van der Waals surface area contributed by atoms with Crippen LogP contribution in [0, 0.1) is 0 Å². The number of alkyl carbamates (subject to hydrolysis) is 1. The van der Waals surface area contributed by atoms with Crippen LogP contribution in [0.2, 0.25) is 0 Å². The van der Waals surface area contributed by atoms with Crippen molar-refractivity contribution < 1.29 is 19.0 Å². The van der Waals surface area contributed by atoms with Crippen molar-refractivity contribution in [2.24, 2.45) is 0 Å². The third-order valence-electron chi connectivity index (χ3n) is 2.49. The second-order valence-electron chi connectivity index (χ2n) is 6.10. The molecule has 112 valence electrons. The Bertz CT molecular complexity index is 290. The fourth-order valence-electron chi connectivity index (χ4n) is 1.57. The molecule has 6 heteroatoms. The highest BCUT2D eigenvalue weighted by atomic mass is 16.7. The Morgan fingerprint density at radius 3 is 2.37 bits per heavy atom. The van der Waals surface area contributed by atoms with E-state index in [1.54, 1.807) is 0 Å². The predicted molar refractivity (Wildman–Crippen MR) is 72.0 cm³/mol. The van der Waals surface area contributed by atoms with E-state index in [4.69, 9.17) is 14.2 Å². The van der Waals surface area contributed by atoms with Crippen LogP contribution in [-0.4, -0.2) is 49.8 Å². The quantitative estimate of drug-likeness (QED) is 0.755. The second-order valence-corrected chi connectivity index (χ2v) is 6.10. The molecule has 1 rings (SSSR count). The van der Waals surface area contributed by atoms with Gasteiger partial charge in [0, 0.05) is 13.1 Å².